The maximum Gasteiger partial charge on any atom is 0.149 e. The largest absolute Gasteiger partial charge is 0.396 e. The molecule has 0 saturated carbocycles. The maximum absolute atomic E-state index is 12.7. The van der Waals surface area contributed by atoms with Crippen molar-refractivity contribution in [3.05, 3.63) is 18.1 Å². The molecule has 14 heavy (non-hydrogen) atoms. The molecule has 0 aliphatic heterocycles. The number of nitrogen functional groups attached to an aromatic ring is 1. The molecule has 0 saturated heterocycles. The Morgan fingerprint density at radius 3 is 2.64 bits per heavy atom. The second-order valence-corrected chi connectivity index (χ2v) is 3.25. The van der Waals surface area contributed by atoms with Crippen molar-refractivity contribution >= 4 is 11.5 Å². The molecule has 0 aliphatic rings. The molecule has 0 atom stereocenters. The van der Waals surface area contributed by atoms with Crippen LogP contribution in [0.15, 0.2) is 12.3 Å². The van der Waals surface area contributed by atoms with Crippen LogP contribution in [0.4, 0.5) is 15.9 Å². The first-order valence-corrected chi connectivity index (χ1v) is 4.84. The average molecular weight is 197 g/mol. The number of nitrogens with one attached hydrogen (secondary N) is 1. The van der Waals surface area contributed by atoms with E-state index in [0.29, 0.717) is 17.5 Å². The minimum atomic E-state index is -0.405. The molecule has 0 amide bonds. The third-order valence-electron chi connectivity index (χ3n) is 2.21. The van der Waals surface area contributed by atoms with Crippen molar-refractivity contribution in [2.75, 3.05) is 11.1 Å². The lowest BCUT2D eigenvalue weighted by Crippen LogP contribution is -2.18. The van der Waals surface area contributed by atoms with Crippen LogP contribution in [0.1, 0.15) is 26.7 Å². The first-order chi connectivity index (χ1) is 6.67. The molecule has 1 aromatic rings. The summed E-state index contributed by atoms with van der Waals surface area (Å²) in [6.45, 7) is 4.17. The summed E-state index contributed by atoms with van der Waals surface area (Å²) in [6.07, 6.45) is 3.16. The summed E-state index contributed by atoms with van der Waals surface area (Å²) in [5, 5.41) is 3.17. The van der Waals surface area contributed by atoms with Gasteiger partial charge in [-0.25, -0.2) is 9.37 Å². The Hall–Kier alpha value is -1.32. The first kappa shape index (κ1) is 10.8. The van der Waals surface area contributed by atoms with Gasteiger partial charge in [0.15, 0.2) is 0 Å². The van der Waals surface area contributed by atoms with Gasteiger partial charge < -0.3 is 11.1 Å². The normalized spacial score (nSPS) is 10.6. The zero-order valence-corrected chi connectivity index (χ0v) is 8.55. The molecule has 3 nitrogen and oxygen atoms in total. The third kappa shape index (κ3) is 2.58. The number of nitrogens with two attached hydrogens (primary N) is 1. The number of aromatic nitrogens is 1. The molecule has 1 aromatic heterocycles. The third-order valence-corrected chi connectivity index (χ3v) is 2.21. The predicted molar refractivity (Wildman–Crippen MR) is 56.6 cm³/mol. The molecule has 4 heteroatoms. The van der Waals surface area contributed by atoms with Crippen LogP contribution in [0.5, 0.6) is 0 Å². The number of halogens is 1. The lowest BCUT2D eigenvalue weighted by Gasteiger charge is -2.16. The van der Waals surface area contributed by atoms with Gasteiger partial charge in [-0.1, -0.05) is 13.8 Å². The molecule has 0 unspecified atom stereocenters. The Kier molecular flexibility index (Phi) is 3.68. The second kappa shape index (κ2) is 4.79. The highest BCUT2D eigenvalue weighted by atomic mass is 19.1. The van der Waals surface area contributed by atoms with E-state index < -0.39 is 5.82 Å². The SMILES string of the molecule is CCC(CC)Nc1ncc(F)cc1N. The Morgan fingerprint density at radius 2 is 2.14 bits per heavy atom. The van der Waals surface area contributed by atoms with E-state index in [2.05, 4.69) is 24.1 Å². The molecule has 1 heterocycles. The Labute approximate surface area is 83.5 Å². The van der Waals surface area contributed by atoms with Crippen LogP contribution >= 0.6 is 0 Å². The van der Waals surface area contributed by atoms with Crippen molar-refractivity contribution in [1.82, 2.24) is 4.98 Å². The van der Waals surface area contributed by atoms with Crippen LogP contribution in [0, 0.1) is 5.82 Å². The zero-order valence-electron chi connectivity index (χ0n) is 8.55. The van der Waals surface area contributed by atoms with Gasteiger partial charge in [0.25, 0.3) is 0 Å². The van der Waals surface area contributed by atoms with E-state index in [-0.39, 0.29) is 0 Å². The lowest BCUT2D eigenvalue weighted by molar-refractivity contribution is 0.620. The first-order valence-electron chi connectivity index (χ1n) is 4.84. The van der Waals surface area contributed by atoms with Crippen molar-refractivity contribution in [2.45, 2.75) is 32.7 Å². The summed E-state index contributed by atoms with van der Waals surface area (Å²) >= 11 is 0. The van der Waals surface area contributed by atoms with Gasteiger partial charge in [0, 0.05) is 12.1 Å². The average Bonchev–Trinajstić information content (AvgIpc) is 2.17. The Balaban J connectivity index is 2.76. The highest BCUT2D eigenvalue weighted by Crippen LogP contribution is 2.17. The number of rotatable bonds is 4. The van der Waals surface area contributed by atoms with Crippen molar-refractivity contribution < 1.29 is 4.39 Å². The maximum atomic E-state index is 12.7. The minimum Gasteiger partial charge on any atom is -0.396 e. The standard InChI is InChI=1S/C10H16FN3/c1-3-8(4-2)14-10-9(12)5-7(11)6-13-10/h5-6,8H,3-4,12H2,1-2H3,(H,13,14). The molecule has 1 rings (SSSR count). The quantitative estimate of drug-likeness (QED) is 0.779. The molecular weight excluding hydrogens is 181 g/mol. The van der Waals surface area contributed by atoms with Gasteiger partial charge in [0.2, 0.25) is 0 Å². The summed E-state index contributed by atoms with van der Waals surface area (Å²) in [7, 11) is 0. The monoisotopic (exact) mass is 197 g/mol. The van der Waals surface area contributed by atoms with Gasteiger partial charge in [-0.3, -0.25) is 0 Å². The van der Waals surface area contributed by atoms with Crippen molar-refractivity contribution in [3.8, 4) is 0 Å². The molecule has 3 N–H and O–H groups in total. The van der Waals surface area contributed by atoms with E-state index in [1.807, 2.05) is 0 Å². The molecule has 0 aliphatic carbocycles. The van der Waals surface area contributed by atoms with Gasteiger partial charge in [0.1, 0.15) is 11.6 Å². The van der Waals surface area contributed by atoms with Crippen LogP contribution in [-0.2, 0) is 0 Å². The number of nitrogens with zero attached hydrogens (tertiary/aromatic N) is 1. The van der Waals surface area contributed by atoms with E-state index in [1.54, 1.807) is 0 Å². The van der Waals surface area contributed by atoms with Crippen LogP contribution in [0.25, 0.3) is 0 Å². The highest BCUT2D eigenvalue weighted by molar-refractivity contribution is 5.60. The fraction of sp³-hybridized carbons (Fsp3) is 0.500. The predicted octanol–water partition coefficient (Wildman–Crippen LogP) is 2.40. The van der Waals surface area contributed by atoms with E-state index in [1.165, 1.54) is 12.3 Å². The van der Waals surface area contributed by atoms with Crippen LogP contribution < -0.4 is 11.1 Å². The highest BCUT2D eigenvalue weighted by Gasteiger charge is 2.07. The van der Waals surface area contributed by atoms with Gasteiger partial charge in [-0.15, -0.1) is 0 Å². The number of hydrogen-bond acceptors (Lipinski definition) is 3. The molecule has 0 bridgehead atoms. The van der Waals surface area contributed by atoms with Gasteiger partial charge in [-0.05, 0) is 12.8 Å². The summed E-state index contributed by atoms with van der Waals surface area (Å²) < 4.78 is 12.7. The summed E-state index contributed by atoms with van der Waals surface area (Å²) in [4.78, 5) is 3.90. The zero-order chi connectivity index (χ0) is 10.6. The molecule has 78 valence electrons. The number of hydrogen-bond donors (Lipinski definition) is 2. The summed E-state index contributed by atoms with van der Waals surface area (Å²) in [6, 6.07) is 1.62. The van der Waals surface area contributed by atoms with E-state index >= 15 is 0 Å². The van der Waals surface area contributed by atoms with E-state index in [4.69, 9.17) is 5.73 Å². The van der Waals surface area contributed by atoms with Gasteiger partial charge in [-0.2, -0.15) is 0 Å². The van der Waals surface area contributed by atoms with Gasteiger partial charge >= 0.3 is 0 Å². The molecule has 0 radical (unpaired) electrons. The number of anilines is 2. The van der Waals surface area contributed by atoms with Crippen LogP contribution in [0.2, 0.25) is 0 Å². The fourth-order valence-corrected chi connectivity index (χ4v) is 1.26. The Morgan fingerprint density at radius 1 is 1.50 bits per heavy atom. The Bertz CT molecular complexity index is 297. The smallest absolute Gasteiger partial charge is 0.149 e. The molecule has 0 spiro atoms. The van der Waals surface area contributed by atoms with Crippen molar-refractivity contribution in [2.24, 2.45) is 0 Å². The molecule has 0 fully saturated rings. The van der Waals surface area contributed by atoms with Crippen molar-refractivity contribution in [3.63, 3.8) is 0 Å². The molecule has 0 aromatic carbocycles. The lowest BCUT2D eigenvalue weighted by atomic mass is 10.2. The van der Waals surface area contributed by atoms with E-state index in [9.17, 15) is 4.39 Å². The van der Waals surface area contributed by atoms with Gasteiger partial charge in [0.05, 0.1) is 11.9 Å². The van der Waals surface area contributed by atoms with Crippen LogP contribution in [-0.4, -0.2) is 11.0 Å². The topological polar surface area (TPSA) is 50.9 Å². The molecular formula is C10H16FN3. The summed E-state index contributed by atoms with van der Waals surface area (Å²) in [5.74, 6) is 0.165. The van der Waals surface area contributed by atoms with Crippen LogP contribution in [0.3, 0.4) is 0 Å². The van der Waals surface area contributed by atoms with E-state index in [0.717, 1.165) is 12.8 Å². The number of pyridine rings is 1. The summed E-state index contributed by atoms with van der Waals surface area (Å²) in [5.41, 5.74) is 5.97. The fourth-order valence-electron chi connectivity index (χ4n) is 1.26. The minimum absolute atomic E-state index is 0.343. The second-order valence-electron chi connectivity index (χ2n) is 3.25. The van der Waals surface area contributed by atoms with Crippen molar-refractivity contribution in [1.29, 1.82) is 0 Å².